The average Bonchev–Trinajstić information content (AvgIpc) is 3.06. The standard InChI is InChI=1S/C13H13Cl2N5O/c14-10-8(3-4-16)18-12-9(10)11(19-13(15)20-12)17-6-7-2-1-5-21-7/h1-2,5H,3-4,6,16H2,(H2,17,18,19,20). The minimum atomic E-state index is 0.140. The zero-order valence-electron chi connectivity index (χ0n) is 11.0. The van der Waals surface area contributed by atoms with Crippen molar-refractivity contribution in [1.82, 2.24) is 15.0 Å². The second-order valence-corrected chi connectivity index (χ2v) is 5.17. The van der Waals surface area contributed by atoms with Crippen LogP contribution in [0, 0.1) is 0 Å². The summed E-state index contributed by atoms with van der Waals surface area (Å²) in [4.78, 5) is 11.5. The summed E-state index contributed by atoms with van der Waals surface area (Å²) >= 11 is 12.3. The maximum absolute atomic E-state index is 6.38. The largest absolute Gasteiger partial charge is 0.467 e. The summed E-state index contributed by atoms with van der Waals surface area (Å²) in [5.74, 6) is 1.35. The molecule has 3 rings (SSSR count). The number of hydrogen-bond acceptors (Lipinski definition) is 5. The fourth-order valence-corrected chi connectivity index (χ4v) is 2.60. The molecule has 3 aromatic rings. The zero-order chi connectivity index (χ0) is 14.8. The molecule has 110 valence electrons. The van der Waals surface area contributed by atoms with E-state index >= 15 is 0 Å². The number of nitrogens with two attached hydrogens (primary N) is 1. The summed E-state index contributed by atoms with van der Waals surface area (Å²) in [6, 6.07) is 3.69. The molecule has 0 bridgehead atoms. The van der Waals surface area contributed by atoms with Crippen LogP contribution in [0.4, 0.5) is 5.82 Å². The van der Waals surface area contributed by atoms with Crippen molar-refractivity contribution in [2.75, 3.05) is 11.9 Å². The van der Waals surface area contributed by atoms with Crippen molar-refractivity contribution >= 4 is 40.1 Å². The topological polar surface area (TPSA) is 92.8 Å². The molecule has 0 amide bonds. The normalized spacial score (nSPS) is 11.2. The molecule has 0 spiro atoms. The van der Waals surface area contributed by atoms with Crippen LogP contribution in [0.5, 0.6) is 0 Å². The van der Waals surface area contributed by atoms with Crippen molar-refractivity contribution in [1.29, 1.82) is 0 Å². The van der Waals surface area contributed by atoms with Gasteiger partial charge in [0.1, 0.15) is 17.2 Å². The fraction of sp³-hybridized carbons (Fsp3) is 0.231. The number of anilines is 1. The Morgan fingerprint density at radius 3 is 2.90 bits per heavy atom. The van der Waals surface area contributed by atoms with E-state index in [-0.39, 0.29) is 5.28 Å². The number of nitrogens with zero attached hydrogens (tertiary/aromatic N) is 2. The first kappa shape index (κ1) is 14.2. The van der Waals surface area contributed by atoms with Crippen LogP contribution in [0.15, 0.2) is 22.8 Å². The van der Waals surface area contributed by atoms with E-state index in [0.29, 0.717) is 41.4 Å². The van der Waals surface area contributed by atoms with Gasteiger partial charge in [0.15, 0.2) is 0 Å². The van der Waals surface area contributed by atoms with Gasteiger partial charge in [0, 0.05) is 12.1 Å². The number of aromatic amines is 1. The van der Waals surface area contributed by atoms with Crippen molar-refractivity contribution in [3.05, 3.63) is 40.2 Å². The van der Waals surface area contributed by atoms with E-state index in [1.807, 2.05) is 12.1 Å². The number of hydrogen-bond donors (Lipinski definition) is 3. The molecular formula is C13H13Cl2N5O. The lowest BCUT2D eigenvalue weighted by Crippen LogP contribution is -2.03. The van der Waals surface area contributed by atoms with Gasteiger partial charge < -0.3 is 20.5 Å². The summed E-state index contributed by atoms with van der Waals surface area (Å²) in [7, 11) is 0. The van der Waals surface area contributed by atoms with Crippen molar-refractivity contribution < 1.29 is 4.42 Å². The molecule has 8 heteroatoms. The Labute approximate surface area is 130 Å². The molecule has 0 unspecified atom stereocenters. The zero-order valence-corrected chi connectivity index (χ0v) is 12.5. The van der Waals surface area contributed by atoms with E-state index < -0.39 is 0 Å². The van der Waals surface area contributed by atoms with Crippen LogP contribution >= 0.6 is 23.2 Å². The molecule has 0 aliphatic rings. The third-order valence-electron chi connectivity index (χ3n) is 3.04. The van der Waals surface area contributed by atoms with Gasteiger partial charge in [-0.25, -0.2) is 0 Å². The van der Waals surface area contributed by atoms with Gasteiger partial charge in [-0.2, -0.15) is 9.97 Å². The molecular weight excluding hydrogens is 313 g/mol. The Bertz CT molecular complexity index is 754. The lowest BCUT2D eigenvalue weighted by atomic mass is 10.3. The number of rotatable bonds is 5. The van der Waals surface area contributed by atoms with E-state index in [2.05, 4.69) is 20.3 Å². The highest BCUT2D eigenvalue weighted by Crippen LogP contribution is 2.32. The number of halogens is 2. The van der Waals surface area contributed by atoms with E-state index in [1.54, 1.807) is 6.26 Å². The molecule has 0 radical (unpaired) electrons. The van der Waals surface area contributed by atoms with E-state index in [4.69, 9.17) is 33.4 Å². The first-order valence-electron chi connectivity index (χ1n) is 6.39. The SMILES string of the molecule is NCCc1[nH]c2nc(Cl)nc(NCc3ccco3)c2c1Cl. The predicted octanol–water partition coefficient (Wildman–Crippen LogP) is 2.97. The molecule has 6 nitrogen and oxygen atoms in total. The van der Waals surface area contributed by atoms with Crippen LogP contribution in [0.1, 0.15) is 11.5 Å². The molecule has 4 N–H and O–H groups in total. The van der Waals surface area contributed by atoms with Gasteiger partial charge in [-0.15, -0.1) is 0 Å². The van der Waals surface area contributed by atoms with E-state index in [1.165, 1.54) is 0 Å². The van der Waals surface area contributed by atoms with Gasteiger partial charge in [-0.05, 0) is 30.3 Å². The smallest absolute Gasteiger partial charge is 0.226 e. The van der Waals surface area contributed by atoms with Crippen LogP contribution in [0.3, 0.4) is 0 Å². The highest BCUT2D eigenvalue weighted by Gasteiger charge is 2.16. The molecule has 0 saturated carbocycles. The Kier molecular flexibility index (Phi) is 4.01. The molecule has 0 atom stereocenters. The Balaban J connectivity index is 1.99. The van der Waals surface area contributed by atoms with Crippen molar-refractivity contribution in [2.24, 2.45) is 5.73 Å². The second kappa shape index (κ2) is 5.93. The van der Waals surface area contributed by atoms with Crippen LogP contribution in [0.2, 0.25) is 10.3 Å². The summed E-state index contributed by atoms with van der Waals surface area (Å²) < 4.78 is 5.28. The van der Waals surface area contributed by atoms with Gasteiger partial charge in [0.25, 0.3) is 0 Å². The van der Waals surface area contributed by atoms with Crippen LogP contribution < -0.4 is 11.1 Å². The van der Waals surface area contributed by atoms with Crippen molar-refractivity contribution in [2.45, 2.75) is 13.0 Å². The highest BCUT2D eigenvalue weighted by atomic mass is 35.5. The lowest BCUT2D eigenvalue weighted by Gasteiger charge is -2.05. The first-order valence-corrected chi connectivity index (χ1v) is 7.14. The summed E-state index contributed by atoms with van der Waals surface area (Å²) in [5.41, 5.74) is 6.99. The third kappa shape index (κ3) is 2.83. The van der Waals surface area contributed by atoms with Crippen LogP contribution in [-0.4, -0.2) is 21.5 Å². The monoisotopic (exact) mass is 325 g/mol. The van der Waals surface area contributed by atoms with Crippen LogP contribution in [0.25, 0.3) is 11.0 Å². The molecule has 0 aromatic carbocycles. The molecule has 21 heavy (non-hydrogen) atoms. The van der Waals surface area contributed by atoms with Gasteiger partial charge >= 0.3 is 0 Å². The number of furan rings is 1. The number of fused-ring (bicyclic) bond motifs is 1. The van der Waals surface area contributed by atoms with Gasteiger partial charge in [-0.1, -0.05) is 11.6 Å². The van der Waals surface area contributed by atoms with Crippen LogP contribution in [-0.2, 0) is 13.0 Å². The first-order chi connectivity index (χ1) is 10.2. The number of nitrogens with one attached hydrogen (secondary N) is 2. The minimum Gasteiger partial charge on any atom is -0.467 e. The average molecular weight is 326 g/mol. The number of aromatic nitrogens is 3. The lowest BCUT2D eigenvalue weighted by molar-refractivity contribution is 0.518. The maximum Gasteiger partial charge on any atom is 0.226 e. The predicted molar refractivity (Wildman–Crippen MR) is 82.7 cm³/mol. The van der Waals surface area contributed by atoms with Gasteiger partial charge in [-0.3, -0.25) is 0 Å². The quantitative estimate of drug-likeness (QED) is 0.627. The second-order valence-electron chi connectivity index (χ2n) is 4.45. The Morgan fingerprint density at radius 2 is 2.19 bits per heavy atom. The molecule has 0 saturated heterocycles. The number of H-pyrrole nitrogens is 1. The minimum absolute atomic E-state index is 0.140. The van der Waals surface area contributed by atoms with Gasteiger partial charge in [0.2, 0.25) is 5.28 Å². The summed E-state index contributed by atoms with van der Waals surface area (Å²) in [6.07, 6.45) is 2.24. The summed E-state index contributed by atoms with van der Waals surface area (Å²) in [5, 5.41) is 4.57. The summed E-state index contributed by atoms with van der Waals surface area (Å²) in [6.45, 7) is 0.964. The van der Waals surface area contributed by atoms with Gasteiger partial charge in [0.05, 0.1) is 23.2 Å². The van der Waals surface area contributed by atoms with Crippen molar-refractivity contribution in [3.8, 4) is 0 Å². The third-order valence-corrected chi connectivity index (χ3v) is 3.63. The maximum atomic E-state index is 6.38. The molecule has 3 aromatic heterocycles. The Hall–Kier alpha value is -1.76. The molecule has 3 heterocycles. The Morgan fingerprint density at radius 1 is 1.33 bits per heavy atom. The van der Waals surface area contributed by atoms with E-state index in [9.17, 15) is 0 Å². The molecule has 0 aliphatic carbocycles. The van der Waals surface area contributed by atoms with Crippen molar-refractivity contribution in [3.63, 3.8) is 0 Å². The molecule has 0 aliphatic heterocycles. The van der Waals surface area contributed by atoms with E-state index in [0.717, 1.165) is 11.5 Å². The molecule has 0 fully saturated rings. The highest BCUT2D eigenvalue weighted by molar-refractivity contribution is 6.37. The fourth-order valence-electron chi connectivity index (χ4n) is 2.11.